The minimum absolute atomic E-state index is 0.120. The summed E-state index contributed by atoms with van der Waals surface area (Å²) in [5, 5.41) is 0.850. The van der Waals surface area contributed by atoms with Gasteiger partial charge in [-0.15, -0.1) is 0 Å². The molecule has 3 aromatic carbocycles. The monoisotopic (exact) mass is 494 g/mol. The van der Waals surface area contributed by atoms with E-state index in [1.807, 2.05) is 56.8 Å². The van der Waals surface area contributed by atoms with E-state index in [1.54, 1.807) is 22.8 Å². The molecule has 186 valence electrons. The Hall–Kier alpha value is -4.43. The molecule has 0 N–H and O–H groups in total. The summed E-state index contributed by atoms with van der Waals surface area (Å²) in [4.78, 5) is 34.7. The fourth-order valence-corrected chi connectivity index (χ4v) is 5.23. The van der Waals surface area contributed by atoms with E-state index in [2.05, 4.69) is 14.5 Å². The second-order valence-electron chi connectivity index (χ2n) is 9.38. The van der Waals surface area contributed by atoms with Crippen LogP contribution in [0.3, 0.4) is 0 Å². The van der Waals surface area contributed by atoms with E-state index >= 15 is 0 Å². The molecule has 2 heterocycles. The summed E-state index contributed by atoms with van der Waals surface area (Å²) in [7, 11) is 7.09. The predicted octanol–water partition coefficient (Wildman–Crippen LogP) is 4.13. The highest BCUT2D eigenvalue weighted by atomic mass is 16.5. The normalized spacial score (nSPS) is 12.4. The van der Waals surface area contributed by atoms with Crippen LogP contribution in [0.2, 0.25) is 0 Å². The molecule has 0 spiro atoms. The molecule has 0 atom stereocenters. The molecule has 0 bridgehead atoms. The maximum absolute atomic E-state index is 14.3. The minimum atomic E-state index is -0.291. The quantitative estimate of drug-likeness (QED) is 0.347. The molecule has 0 amide bonds. The molecule has 2 aromatic heterocycles. The highest BCUT2D eigenvalue weighted by Crippen LogP contribution is 2.43. The van der Waals surface area contributed by atoms with Gasteiger partial charge in [0, 0.05) is 29.6 Å². The van der Waals surface area contributed by atoms with E-state index < -0.39 is 0 Å². The molecule has 0 fully saturated rings. The first-order valence-corrected chi connectivity index (χ1v) is 12.0. The second kappa shape index (κ2) is 8.60. The average molecular weight is 495 g/mol. The van der Waals surface area contributed by atoms with Crippen LogP contribution < -0.4 is 15.0 Å². The number of imidazole rings is 1. The number of carbonyl (C=O) groups is 1. The van der Waals surface area contributed by atoms with Gasteiger partial charge in [-0.3, -0.25) is 14.2 Å². The molecule has 1 aliphatic carbocycles. The third-order valence-electron chi connectivity index (χ3n) is 7.00. The third kappa shape index (κ3) is 3.37. The van der Waals surface area contributed by atoms with Gasteiger partial charge >= 0.3 is 0 Å². The minimum Gasteiger partial charge on any atom is -0.493 e. The first-order valence-electron chi connectivity index (χ1n) is 12.0. The topological polar surface area (TPSA) is 78.6 Å². The van der Waals surface area contributed by atoms with Gasteiger partial charge in [-0.2, -0.15) is 0 Å². The van der Waals surface area contributed by atoms with Gasteiger partial charge in [0.25, 0.3) is 5.56 Å². The number of hydrogen-bond donors (Lipinski definition) is 0. The van der Waals surface area contributed by atoms with Gasteiger partial charge in [0.15, 0.2) is 17.3 Å². The van der Waals surface area contributed by atoms with Crippen molar-refractivity contribution in [3.8, 4) is 28.4 Å². The van der Waals surface area contributed by atoms with Gasteiger partial charge in [-0.1, -0.05) is 24.3 Å². The predicted molar refractivity (Wildman–Crippen MR) is 143 cm³/mol. The zero-order valence-electron chi connectivity index (χ0n) is 21.1. The first-order chi connectivity index (χ1) is 17.9. The maximum Gasteiger partial charge on any atom is 0.267 e. The fraction of sp³-hybridized carbons (Fsp3) is 0.207. The fourth-order valence-electron chi connectivity index (χ4n) is 5.23. The smallest absolute Gasteiger partial charge is 0.267 e. The van der Waals surface area contributed by atoms with Crippen LogP contribution in [0.4, 0.5) is 0 Å². The molecule has 0 saturated carbocycles. The van der Waals surface area contributed by atoms with Gasteiger partial charge in [-0.05, 0) is 44.4 Å². The summed E-state index contributed by atoms with van der Waals surface area (Å²) in [6.45, 7) is 1.68. The van der Waals surface area contributed by atoms with Crippen molar-refractivity contribution in [3.05, 3.63) is 82.4 Å². The van der Waals surface area contributed by atoms with E-state index in [9.17, 15) is 9.59 Å². The van der Waals surface area contributed by atoms with Crippen molar-refractivity contribution >= 4 is 27.6 Å². The highest BCUT2D eigenvalue weighted by molar-refractivity contribution is 6.27. The standard InChI is InChI=1S/C29H26N4O4/c1-31(2)13-14-32-16-30-21-15-17(9-11-22(21)32)33-26-18-7-5-6-8-19(18)27(34)24(26)20-10-12-23(36-3)28(37-4)25(20)29(33)35/h5-12,15-16H,13-14H2,1-4H3. The van der Waals surface area contributed by atoms with Gasteiger partial charge < -0.3 is 18.9 Å². The van der Waals surface area contributed by atoms with Crippen LogP contribution in [-0.4, -0.2) is 59.7 Å². The van der Waals surface area contributed by atoms with Crippen LogP contribution in [-0.2, 0) is 6.54 Å². The summed E-state index contributed by atoms with van der Waals surface area (Å²) < 4.78 is 14.8. The number of ether oxygens (including phenoxy) is 2. The molecule has 1 aliphatic rings. The van der Waals surface area contributed by atoms with Crippen molar-refractivity contribution < 1.29 is 14.3 Å². The molecular formula is C29H26N4O4. The Morgan fingerprint density at radius 3 is 2.46 bits per heavy atom. The van der Waals surface area contributed by atoms with Crippen molar-refractivity contribution in [2.24, 2.45) is 0 Å². The van der Waals surface area contributed by atoms with Gasteiger partial charge in [0.1, 0.15) is 0 Å². The van der Waals surface area contributed by atoms with Crippen LogP contribution >= 0.6 is 0 Å². The lowest BCUT2D eigenvalue weighted by molar-refractivity contribution is 0.104. The summed E-state index contributed by atoms with van der Waals surface area (Å²) >= 11 is 0. The van der Waals surface area contributed by atoms with Crippen LogP contribution in [0, 0.1) is 0 Å². The number of carbonyl (C=O) groups excluding carboxylic acids is 1. The van der Waals surface area contributed by atoms with Crippen molar-refractivity contribution in [2.45, 2.75) is 6.54 Å². The molecule has 6 rings (SSSR count). The van der Waals surface area contributed by atoms with Crippen LogP contribution in [0.1, 0.15) is 15.9 Å². The van der Waals surface area contributed by atoms with Crippen molar-refractivity contribution in [2.75, 3.05) is 34.9 Å². The third-order valence-corrected chi connectivity index (χ3v) is 7.00. The number of hydrogen-bond acceptors (Lipinski definition) is 6. The molecule has 5 aromatic rings. The Bertz CT molecular complexity index is 1780. The van der Waals surface area contributed by atoms with Crippen LogP contribution in [0.25, 0.3) is 38.8 Å². The Labute approximate surface area is 213 Å². The van der Waals surface area contributed by atoms with E-state index in [1.165, 1.54) is 14.2 Å². The Kier molecular flexibility index (Phi) is 5.35. The van der Waals surface area contributed by atoms with Gasteiger partial charge in [0.2, 0.25) is 0 Å². The number of aromatic nitrogens is 3. The zero-order valence-corrected chi connectivity index (χ0v) is 21.1. The van der Waals surface area contributed by atoms with E-state index in [0.29, 0.717) is 44.8 Å². The largest absolute Gasteiger partial charge is 0.493 e. The number of methoxy groups -OCH3 is 2. The lowest BCUT2D eigenvalue weighted by atomic mass is 10.0. The summed E-state index contributed by atoms with van der Waals surface area (Å²) in [5.41, 5.74) is 4.45. The Morgan fingerprint density at radius 2 is 1.73 bits per heavy atom. The summed E-state index contributed by atoms with van der Waals surface area (Å²) in [6.07, 6.45) is 1.82. The molecule has 0 unspecified atom stereocenters. The Morgan fingerprint density at radius 1 is 0.946 bits per heavy atom. The number of nitrogens with zero attached hydrogens (tertiary/aromatic N) is 4. The number of ketones is 1. The lowest BCUT2D eigenvalue weighted by Crippen LogP contribution is -2.22. The molecule has 0 saturated heterocycles. The Balaban J connectivity index is 1.68. The zero-order chi connectivity index (χ0) is 25.8. The lowest BCUT2D eigenvalue weighted by Gasteiger charge is -2.18. The number of likely N-dealkylation sites (N-methyl/N-ethyl adjacent to an activating group) is 1. The van der Waals surface area contributed by atoms with Crippen molar-refractivity contribution in [3.63, 3.8) is 0 Å². The van der Waals surface area contributed by atoms with Crippen LogP contribution in [0.15, 0.2) is 65.7 Å². The SMILES string of the molecule is COc1ccc2c3c(n(-c4ccc5c(c4)ncn5CCN(C)C)c(=O)c2c1OC)-c1ccccc1C3=O. The summed E-state index contributed by atoms with van der Waals surface area (Å²) in [6, 6.07) is 16.7. The molecule has 0 radical (unpaired) electrons. The average Bonchev–Trinajstić information content (AvgIpc) is 3.45. The number of rotatable bonds is 6. The highest BCUT2D eigenvalue weighted by Gasteiger charge is 2.34. The molecule has 8 heteroatoms. The van der Waals surface area contributed by atoms with E-state index in [0.717, 1.165) is 29.7 Å². The van der Waals surface area contributed by atoms with E-state index in [4.69, 9.17) is 9.47 Å². The van der Waals surface area contributed by atoms with Crippen molar-refractivity contribution in [1.82, 2.24) is 19.0 Å². The number of fused-ring (bicyclic) bond motifs is 6. The van der Waals surface area contributed by atoms with Gasteiger partial charge in [-0.25, -0.2) is 4.98 Å². The number of pyridine rings is 1. The molecule has 0 aliphatic heterocycles. The van der Waals surface area contributed by atoms with Crippen LogP contribution in [0.5, 0.6) is 11.5 Å². The summed E-state index contributed by atoms with van der Waals surface area (Å²) in [5.74, 6) is 0.613. The maximum atomic E-state index is 14.3. The van der Waals surface area contributed by atoms with Gasteiger partial charge in [0.05, 0.1) is 53.9 Å². The van der Waals surface area contributed by atoms with E-state index in [-0.39, 0.29) is 11.3 Å². The van der Waals surface area contributed by atoms with Crippen molar-refractivity contribution in [1.29, 1.82) is 0 Å². The molecule has 8 nitrogen and oxygen atoms in total. The number of benzene rings is 3. The first kappa shape index (κ1) is 23.0. The molecular weight excluding hydrogens is 468 g/mol. The second-order valence-corrected chi connectivity index (χ2v) is 9.38. The molecule has 37 heavy (non-hydrogen) atoms.